The van der Waals surface area contributed by atoms with E-state index in [4.69, 9.17) is 11.6 Å². The zero-order valence-corrected chi connectivity index (χ0v) is 9.14. The predicted octanol–water partition coefficient (Wildman–Crippen LogP) is 3.73. The summed E-state index contributed by atoms with van der Waals surface area (Å²) in [7, 11) is 0. The van der Waals surface area contributed by atoms with Gasteiger partial charge in [-0.2, -0.15) is 0 Å². The van der Waals surface area contributed by atoms with Crippen molar-refractivity contribution in [3.63, 3.8) is 0 Å². The van der Waals surface area contributed by atoms with Crippen molar-refractivity contribution in [3.8, 4) is 0 Å². The molecule has 0 aliphatic heterocycles. The predicted molar refractivity (Wildman–Crippen MR) is 59.8 cm³/mol. The van der Waals surface area contributed by atoms with Crippen molar-refractivity contribution >= 4 is 17.4 Å². The number of hydrogen-bond donors (Lipinski definition) is 0. The largest absolute Gasteiger partial charge is 0.293 e. The average Bonchev–Trinajstić information content (AvgIpc) is 2.18. The monoisotopic (exact) mass is 208 g/mol. The quantitative estimate of drug-likeness (QED) is 0.547. The van der Waals surface area contributed by atoms with Crippen LogP contribution < -0.4 is 0 Å². The molecule has 1 rings (SSSR count). The molecule has 0 heterocycles. The van der Waals surface area contributed by atoms with Crippen LogP contribution in [0.5, 0.6) is 0 Å². The number of halogens is 1. The Balaban J connectivity index is 3.01. The van der Waals surface area contributed by atoms with Crippen molar-refractivity contribution in [1.82, 2.24) is 0 Å². The van der Waals surface area contributed by atoms with E-state index < -0.39 is 5.41 Å². The maximum atomic E-state index is 11.9. The molecule has 0 radical (unpaired) electrons. The van der Waals surface area contributed by atoms with Crippen LogP contribution in [0, 0.1) is 5.41 Å². The third kappa shape index (κ3) is 2.24. The van der Waals surface area contributed by atoms with Gasteiger partial charge in [0.05, 0.1) is 0 Å². The smallest absolute Gasteiger partial charge is 0.172 e. The van der Waals surface area contributed by atoms with Gasteiger partial charge < -0.3 is 0 Å². The highest BCUT2D eigenvalue weighted by Crippen LogP contribution is 2.23. The number of carbonyl (C=O) groups excluding carboxylic acids is 1. The van der Waals surface area contributed by atoms with Crippen molar-refractivity contribution in [2.45, 2.75) is 13.8 Å². The molecule has 0 spiro atoms. The van der Waals surface area contributed by atoms with Gasteiger partial charge in [-0.15, -0.1) is 6.58 Å². The van der Waals surface area contributed by atoms with E-state index >= 15 is 0 Å². The van der Waals surface area contributed by atoms with Gasteiger partial charge in [-0.25, -0.2) is 0 Å². The lowest BCUT2D eigenvalue weighted by Gasteiger charge is -2.17. The van der Waals surface area contributed by atoms with Crippen LogP contribution in [0.2, 0.25) is 5.02 Å². The molecule has 2 heteroatoms. The molecule has 0 saturated carbocycles. The van der Waals surface area contributed by atoms with Crippen LogP contribution in [-0.2, 0) is 0 Å². The molecule has 0 aromatic heterocycles. The molecule has 1 aromatic rings. The second kappa shape index (κ2) is 3.97. The minimum absolute atomic E-state index is 0.0594. The summed E-state index contributed by atoms with van der Waals surface area (Å²) in [5, 5.41) is 0.637. The highest BCUT2D eigenvalue weighted by Gasteiger charge is 2.24. The molecule has 0 saturated heterocycles. The second-order valence-electron chi connectivity index (χ2n) is 3.76. The fourth-order valence-electron chi connectivity index (χ4n) is 1.07. The zero-order chi connectivity index (χ0) is 10.8. The van der Waals surface area contributed by atoms with E-state index in [1.54, 1.807) is 30.3 Å². The van der Waals surface area contributed by atoms with Crippen molar-refractivity contribution < 1.29 is 4.79 Å². The van der Waals surface area contributed by atoms with Crippen LogP contribution in [0.15, 0.2) is 36.9 Å². The van der Waals surface area contributed by atoms with Gasteiger partial charge in [0, 0.05) is 16.0 Å². The van der Waals surface area contributed by atoms with Crippen LogP contribution >= 0.6 is 11.6 Å². The summed E-state index contributed by atoms with van der Waals surface area (Å²) in [5.41, 5.74) is 0.146. The normalized spacial score (nSPS) is 11.1. The highest BCUT2D eigenvalue weighted by molar-refractivity contribution is 6.30. The summed E-state index contributed by atoms with van der Waals surface area (Å²) in [5.74, 6) is 0.0594. The van der Waals surface area contributed by atoms with Gasteiger partial charge in [-0.3, -0.25) is 4.79 Å². The molecule has 0 fully saturated rings. The third-order valence-electron chi connectivity index (χ3n) is 2.20. The van der Waals surface area contributed by atoms with Crippen molar-refractivity contribution in [2.24, 2.45) is 5.41 Å². The van der Waals surface area contributed by atoms with E-state index in [-0.39, 0.29) is 5.78 Å². The van der Waals surface area contributed by atoms with Crippen LogP contribution in [0.1, 0.15) is 24.2 Å². The zero-order valence-electron chi connectivity index (χ0n) is 8.38. The molecule has 0 amide bonds. The Kier molecular flexibility index (Phi) is 3.12. The van der Waals surface area contributed by atoms with Gasteiger partial charge in [0.15, 0.2) is 5.78 Å². The summed E-state index contributed by atoms with van der Waals surface area (Å²) < 4.78 is 0. The number of carbonyl (C=O) groups is 1. The van der Waals surface area contributed by atoms with Gasteiger partial charge in [0.25, 0.3) is 0 Å². The third-order valence-corrected chi connectivity index (χ3v) is 2.45. The first-order chi connectivity index (χ1) is 6.47. The maximum absolute atomic E-state index is 11.9. The lowest BCUT2D eigenvalue weighted by Crippen LogP contribution is -2.21. The molecule has 1 aromatic carbocycles. The molecule has 14 heavy (non-hydrogen) atoms. The van der Waals surface area contributed by atoms with Crippen LogP contribution in [0.4, 0.5) is 0 Å². The lowest BCUT2D eigenvalue weighted by atomic mass is 9.84. The van der Waals surface area contributed by atoms with Crippen molar-refractivity contribution in [2.75, 3.05) is 0 Å². The number of hydrogen-bond acceptors (Lipinski definition) is 1. The van der Waals surface area contributed by atoms with Gasteiger partial charge >= 0.3 is 0 Å². The van der Waals surface area contributed by atoms with E-state index in [1.165, 1.54) is 0 Å². The summed E-state index contributed by atoms with van der Waals surface area (Å²) >= 11 is 5.73. The first-order valence-electron chi connectivity index (χ1n) is 4.41. The Morgan fingerprint density at radius 2 is 1.86 bits per heavy atom. The molecule has 0 N–H and O–H groups in total. The molecule has 0 aliphatic rings. The molecule has 0 unspecified atom stereocenters. The fraction of sp³-hybridized carbons (Fsp3) is 0.250. The van der Waals surface area contributed by atoms with Crippen LogP contribution in [0.3, 0.4) is 0 Å². The minimum Gasteiger partial charge on any atom is -0.293 e. The Bertz CT molecular complexity index is 349. The Labute approximate surface area is 89.4 Å². The molecule has 0 atom stereocenters. The SMILES string of the molecule is C=CC(C)(C)C(=O)c1ccc(Cl)cc1. The maximum Gasteiger partial charge on any atom is 0.172 e. The standard InChI is InChI=1S/C12H13ClO/c1-4-12(2,3)11(14)9-5-7-10(13)8-6-9/h4-8H,1H2,2-3H3. The number of allylic oxidation sites excluding steroid dienone is 1. The van der Waals surface area contributed by atoms with E-state index in [1.807, 2.05) is 13.8 Å². The molecule has 0 aliphatic carbocycles. The van der Waals surface area contributed by atoms with E-state index in [9.17, 15) is 4.79 Å². The summed E-state index contributed by atoms with van der Waals surface area (Å²) in [6.07, 6.45) is 1.66. The number of rotatable bonds is 3. The second-order valence-corrected chi connectivity index (χ2v) is 4.20. The van der Waals surface area contributed by atoms with Gasteiger partial charge in [0.1, 0.15) is 0 Å². The molecule has 74 valence electrons. The van der Waals surface area contributed by atoms with Crippen molar-refractivity contribution in [3.05, 3.63) is 47.5 Å². The topological polar surface area (TPSA) is 17.1 Å². The molecular formula is C12H13ClO. The fourth-order valence-corrected chi connectivity index (χ4v) is 1.19. The van der Waals surface area contributed by atoms with Gasteiger partial charge in [-0.1, -0.05) is 17.7 Å². The summed E-state index contributed by atoms with van der Waals surface area (Å²) in [4.78, 5) is 11.9. The van der Waals surface area contributed by atoms with Crippen molar-refractivity contribution in [1.29, 1.82) is 0 Å². The number of ketones is 1. The summed E-state index contributed by atoms with van der Waals surface area (Å²) in [6, 6.07) is 6.90. The Morgan fingerprint density at radius 3 is 2.29 bits per heavy atom. The summed E-state index contributed by atoms with van der Waals surface area (Å²) in [6.45, 7) is 7.34. The minimum atomic E-state index is -0.520. The van der Waals surface area contributed by atoms with E-state index in [0.29, 0.717) is 10.6 Å². The van der Waals surface area contributed by atoms with Crippen LogP contribution in [0.25, 0.3) is 0 Å². The Hall–Kier alpha value is -1.08. The number of benzene rings is 1. The van der Waals surface area contributed by atoms with Gasteiger partial charge in [0.2, 0.25) is 0 Å². The molecular weight excluding hydrogens is 196 g/mol. The highest BCUT2D eigenvalue weighted by atomic mass is 35.5. The Morgan fingerprint density at radius 1 is 1.36 bits per heavy atom. The number of Topliss-reactive ketones (excluding diaryl/α,β-unsaturated/α-hetero) is 1. The molecule has 1 nitrogen and oxygen atoms in total. The van der Waals surface area contributed by atoms with Crippen LogP contribution in [-0.4, -0.2) is 5.78 Å². The lowest BCUT2D eigenvalue weighted by molar-refractivity contribution is 0.0886. The first-order valence-corrected chi connectivity index (χ1v) is 4.79. The van der Waals surface area contributed by atoms with Gasteiger partial charge in [-0.05, 0) is 38.1 Å². The average molecular weight is 209 g/mol. The van der Waals surface area contributed by atoms with E-state index in [0.717, 1.165) is 0 Å². The van der Waals surface area contributed by atoms with E-state index in [2.05, 4.69) is 6.58 Å². The molecule has 0 bridgehead atoms. The first kappa shape index (κ1) is 11.0.